The van der Waals surface area contributed by atoms with Gasteiger partial charge in [-0.1, -0.05) is 0 Å². The highest BCUT2D eigenvalue weighted by atomic mass is 19.2. The molecule has 0 aromatic heterocycles. The fraction of sp³-hybridized carbons (Fsp3) is 0.333. The maximum absolute atomic E-state index is 12.8. The van der Waals surface area contributed by atoms with Gasteiger partial charge in [0.05, 0.1) is 13.2 Å². The highest BCUT2D eigenvalue weighted by Crippen LogP contribution is 2.27. The quantitative estimate of drug-likeness (QED) is 0.769. The molecule has 1 atom stereocenters. The molecule has 3 nitrogen and oxygen atoms in total. The summed E-state index contributed by atoms with van der Waals surface area (Å²) < 4.78 is 30.3. The highest BCUT2D eigenvalue weighted by Gasteiger charge is 2.15. The van der Waals surface area contributed by atoms with E-state index in [4.69, 9.17) is 10.5 Å². The number of rotatable bonds is 3. The van der Waals surface area contributed by atoms with Crippen molar-refractivity contribution in [3.05, 3.63) is 29.3 Å². The minimum atomic E-state index is -1.06. The molecule has 0 aliphatic rings. The van der Waals surface area contributed by atoms with Crippen LogP contribution in [-0.4, -0.2) is 18.8 Å². The Hall–Kier alpha value is -1.20. The molecule has 3 N–H and O–H groups in total. The van der Waals surface area contributed by atoms with Crippen LogP contribution in [0, 0.1) is 11.6 Å². The molecule has 5 heteroatoms. The molecule has 1 rings (SSSR count). The van der Waals surface area contributed by atoms with Crippen LogP contribution in [0.25, 0.3) is 0 Å². The maximum atomic E-state index is 12.8. The summed E-state index contributed by atoms with van der Waals surface area (Å²) in [6.07, 6.45) is -1.06. The largest absolute Gasteiger partial charge is 0.496 e. The van der Waals surface area contributed by atoms with Gasteiger partial charge in [0.2, 0.25) is 0 Å². The maximum Gasteiger partial charge on any atom is 0.162 e. The minimum absolute atomic E-state index is 0.0819. The Morgan fingerprint density at radius 2 is 2.00 bits per heavy atom. The zero-order valence-corrected chi connectivity index (χ0v) is 7.63. The first-order chi connectivity index (χ1) is 6.60. The second-order valence-corrected chi connectivity index (χ2v) is 2.76. The smallest absolute Gasteiger partial charge is 0.162 e. The van der Waals surface area contributed by atoms with E-state index in [9.17, 15) is 13.9 Å². The summed E-state index contributed by atoms with van der Waals surface area (Å²) in [6, 6.07) is 1.76. The zero-order valence-electron chi connectivity index (χ0n) is 7.63. The number of hydrogen-bond acceptors (Lipinski definition) is 3. The molecule has 78 valence electrons. The van der Waals surface area contributed by atoms with Gasteiger partial charge in [0.1, 0.15) is 5.75 Å². The Morgan fingerprint density at radius 3 is 2.50 bits per heavy atom. The number of nitrogens with two attached hydrogens (primary N) is 1. The SMILES string of the molecule is COc1cc(F)c(F)cc1C(O)CN. The van der Waals surface area contributed by atoms with Crippen molar-refractivity contribution in [2.24, 2.45) is 5.73 Å². The second kappa shape index (κ2) is 4.34. The molecular weight excluding hydrogens is 192 g/mol. The summed E-state index contributed by atoms with van der Waals surface area (Å²) in [6.45, 7) is -0.0819. The monoisotopic (exact) mass is 203 g/mol. The molecule has 0 fully saturated rings. The Balaban J connectivity index is 3.19. The Labute approximate surface area is 80.1 Å². The van der Waals surface area contributed by atoms with E-state index in [0.717, 1.165) is 12.1 Å². The van der Waals surface area contributed by atoms with E-state index in [2.05, 4.69) is 0 Å². The van der Waals surface area contributed by atoms with Gasteiger partial charge >= 0.3 is 0 Å². The van der Waals surface area contributed by atoms with Gasteiger partial charge < -0.3 is 15.6 Å². The molecule has 1 aromatic carbocycles. The van der Waals surface area contributed by atoms with Crippen LogP contribution in [0.3, 0.4) is 0 Å². The van der Waals surface area contributed by atoms with Crippen LogP contribution in [-0.2, 0) is 0 Å². The molecule has 0 saturated heterocycles. The third-order valence-corrected chi connectivity index (χ3v) is 1.85. The molecule has 0 aliphatic carbocycles. The first-order valence-electron chi connectivity index (χ1n) is 4.01. The molecular formula is C9H11F2NO2. The van der Waals surface area contributed by atoms with Crippen molar-refractivity contribution in [3.8, 4) is 5.75 Å². The van der Waals surface area contributed by atoms with E-state index in [-0.39, 0.29) is 17.9 Å². The lowest BCUT2D eigenvalue weighted by molar-refractivity contribution is 0.181. The van der Waals surface area contributed by atoms with Crippen LogP contribution in [0.2, 0.25) is 0 Å². The lowest BCUT2D eigenvalue weighted by Gasteiger charge is -2.13. The summed E-state index contributed by atoms with van der Waals surface area (Å²) >= 11 is 0. The zero-order chi connectivity index (χ0) is 10.7. The standard InChI is InChI=1S/C9H11F2NO2/c1-14-9-3-7(11)6(10)2-5(9)8(13)4-12/h2-3,8,13H,4,12H2,1H3. The third kappa shape index (κ3) is 2.00. The predicted octanol–water partition coefficient (Wildman–Crippen LogP) is 0.965. The van der Waals surface area contributed by atoms with E-state index < -0.39 is 17.7 Å². The number of aliphatic hydroxyl groups is 1. The Kier molecular flexibility index (Phi) is 3.38. The van der Waals surface area contributed by atoms with Crippen molar-refractivity contribution >= 4 is 0 Å². The molecule has 0 bridgehead atoms. The summed E-state index contributed by atoms with van der Waals surface area (Å²) in [5.41, 5.74) is 5.34. The summed E-state index contributed by atoms with van der Waals surface area (Å²) in [4.78, 5) is 0. The Bertz CT molecular complexity index is 331. The molecule has 0 radical (unpaired) electrons. The van der Waals surface area contributed by atoms with Crippen molar-refractivity contribution in [1.82, 2.24) is 0 Å². The van der Waals surface area contributed by atoms with Gasteiger partial charge in [0.25, 0.3) is 0 Å². The molecule has 1 aromatic rings. The van der Waals surface area contributed by atoms with E-state index in [1.807, 2.05) is 0 Å². The normalized spacial score (nSPS) is 12.6. The van der Waals surface area contributed by atoms with Crippen molar-refractivity contribution in [2.75, 3.05) is 13.7 Å². The fourth-order valence-electron chi connectivity index (χ4n) is 1.11. The molecule has 14 heavy (non-hydrogen) atoms. The lowest BCUT2D eigenvalue weighted by atomic mass is 10.1. The number of ether oxygens (including phenoxy) is 1. The van der Waals surface area contributed by atoms with Crippen LogP contribution >= 0.6 is 0 Å². The van der Waals surface area contributed by atoms with Gasteiger partial charge in [-0.15, -0.1) is 0 Å². The molecule has 0 amide bonds. The first-order valence-corrected chi connectivity index (χ1v) is 4.01. The average Bonchev–Trinajstić information content (AvgIpc) is 2.20. The van der Waals surface area contributed by atoms with Crippen LogP contribution in [0.5, 0.6) is 5.75 Å². The number of methoxy groups -OCH3 is 1. The highest BCUT2D eigenvalue weighted by molar-refractivity contribution is 5.36. The van der Waals surface area contributed by atoms with Gasteiger partial charge in [-0.3, -0.25) is 0 Å². The predicted molar refractivity (Wildman–Crippen MR) is 46.9 cm³/mol. The summed E-state index contributed by atoms with van der Waals surface area (Å²) in [7, 11) is 1.30. The molecule has 0 spiro atoms. The summed E-state index contributed by atoms with van der Waals surface area (Å²) in [5.74, 6) is -1.97. The van der Waals surface area contributed by atoms with Gasteiger partial charge in [-0.2, -0.15) is 0 Å². The van der Waals surface area contributed by atoms with E-state index >= 15 is 0 Å². The van der Waals surface area contributed by atoms with Gasteiger partial charge in [-0.25, -0.2) is 8.78 Å². The number of aliphatic hydroxyl groups excluding tert-OH is 1. The second-order valence-electron chi connectivity index (χ2n) is 2.76. The van der Waals surface area contributed by atoms with Gasteiger partial charge in [0.15, 0.2) is 11.6 Å². The average molecular weight is 203 g/mol. The van der Waals surface area contributed by atoms with Gasteiger partial charge in [-0.05, 0) is 6.07 Å². The topological polar surface area (TPSA) is 55.5 Å². The molecule has 0 aliphatic heterocycles. The van der Waals surface area contributed by atoms with Crippen molar-refractivity contribution < 1.29 is 18.6 Å². The van der Waals surface area contributed by atoms with Crippen molar-refractivity contribution in [2.45, 2.75) is 6.10 Å². The lowest BCUT2D eigenvalue weighted by Crippen LogP contribution is -2.13. The van der Waals surface area contributed by atoms with Crippen LogP contribution in [0.15, 0.2) is 12.1 Å². The van der Waals surface area contributed by atoms with Crippen molar-refractivity contribution in [1.29, 1.82) is 0 Å². The van der Waals surface area contributed by atoms with Crippen molar-refractivity contribution in [3.63, 3.8) is 0 Å². The van der Waals surface area contributed by atoms with Gasteiger partial charge in [0, 0.05) is 18.2 Å². The van der Waals surface area contributed by atoms with E-state index in [1.54, 1.807) is 0 Å². The molecule has 0 heterocycles. The fourth-order valence-corrected chi connectivity index (χ4v) is 1.11. The summed E-state index contributed by atoms with van der Waals surface area (Å²) in [5, 5.41) is 9.36. The van der Waals surface area contributed by atoms with E-state index in [1.165, 1.54) is 7.11 Å². The number of halogens is 2. The van der Waals surface area contributed by atoms with Crippen LogP contribution < -0.4 is 10.5 Å². The van der Waals surface area contributed by atoms with Crippen LogP contribution in [0.1, 0.15) is 11.7 Å². The number of hydrogen-bond donors (Lipinski definition) is 2. The van der Waals surface area contributed by atoms with Crippen LogP contribution in [0.4, 0.5) is 8.78 Å². The third-order valence-electron chi connectivity index (χ3n) is 1.85. The first kappa shape index (κ1) is 10.9. The molecule has 1 unspecified atom stereocenters. The Morgan fingerprint density at radius 1 is 1.43 bits per heavy atom. The van der Waals surface area contributed by atoms with E-state index in [0.29, 0.717) is 0 Å². The number of benzene rings is 1. The molecule has 0 saturated carbocycles. The minimum Gasteiger partial charge on any atom is -0.496 e.